The van der Waals surface area contributed by atoms with E-state index in [0.717, 1.165) is 22.8 Å². The molecule has 4 aromatic rings. The summed E-state index contributed by atoms with van der Waals surface area (Å²) in [4.78, 5) is 28.8. The summed E-state index contributed by atoms with van der Waals surface area (Å²) in [6.07, 6.45) is -4.38. The number of nitrogens with one attached hydrogen (secondary N) is 1. The van der Waals surface area contributed by atoms with Crippen LogP contribution in [0, 0.1) is 24.1 Å². The Kier molecular flexibility index (Phi) is 6.82. The van der Waals surface area contributed by atoms with Crippen LogP contribution in [0.5, 0.6) is 11.5 Å². The standard InChI is InChI=1S/C24H14ClF4N5O3/c1-12-2-3-15(26)7-18(12)19-8-16(32-33-22(19)35)10-34-11-31-21(24(27,28)29)20(23(34)36)37-17-5-13(9-30)4-14(25)6-17/h2-8,11H,10H2,1H3,(H,33,35). The van der Waals surface area contributed by atoms with E-state index in [2.05, 4.69) is 15.2 Å². The molecule has 0 fully saturated rings. The molecule has 188 valence electrons. The molecular weight excluding hydrogens is 518 g/mol. The lowest BCUT2D eigenvalue weighted by Crippen LogP contribution is -2.27. The van der Waals surface area contributed by atoms with E-state index in [0.29, 0.717) is 11.9 Å². The quantitative estimate of drug-likeness (QED) is 0.369. The molecule has 13 heteroatoms. The van der Waals surface area contributed by atoms with Crippen LogP contribution in [-0.4, -0.2) is 19.7 Å². The summed E-state index contributed by atoms with van der Waals surface area (Å²) in [5.74, 6) is -2.01. The van der Waals surface area contributed by atoms with Crippen LogP contribution in [0.4, 0.5) is 17.6 Å². The second kappa shape index (κ2) is 9.87. The highest BCUT2D eigenvalue weighted by molar-refractivity contribution is 6.30. The number of hydrogen-bond acceptors (Lipinski definition) is 6. The maximum Gasteiger partial charge on any atom is 0.437 e. The molecule has 0 aliphatic rings. The normalized spacial score (nSPS) is 11.3. The average Bonchev–Trinajstić information content (AvgIpc) is 2.83. The highest BCUT2D eigenvalue weighted by Gasteiger charge is 2.38. The molecule has 0 spiro atoms. The van der Waals surface area contributed by atoms with Gasteiger partial charge in [-0.25, -0.2) is 14.5 Å². The molecule has 8 nitrogen and oxygen atoms in total. The number of hydrogen-bond donors (Lipinski definition) is 1. The Morgan fingerprint density at radius 2 is 1.89 bits per heavy atom. The van der Waals surface area contributed by atoms with Crippen molar-refractivity contribution in [1.82, 2.24) is 19.7 Å². The van der Waals surface area contributed by atoms with E-state index in [-0.39, 0.29) is 33.2 Å². The van der Waals surface area contributed by atoms with E-state index in [1.54, 1.807) is 13.0 Å². The molecule has 0 atom stereocenters. The van der Waals surface area contributed by atoms with Gasteiger partial charge >= 0.3 is 6.18 Å². The fourth-order valence-electron chi connectivity index (χ4n) is 3.47. The van der Waals surface area contributed by atoms with Gasteiger partial charge in [0.05, 0.1) is 35.8 Å². The smallest absolute Gasteiger partial charge is 0.437 e. The molecular formula is C24H14ClF4N5O3. The molecule has 0 aliphatic heterocycles. The number of aryl methyl sites for hydroxylation is 1. The minimum absolute atomic E-state index is 0.00196. The number of benzene rings is 2. The molecule has 1 N–H and O–H groups in total. The molecule has 2 aromatic heterocycles. The molecule has 0 aliphatic carbocycles. The fraction of sp³-hybridized carbons (Fsp3) is 0.125. The molecule has 0 amide bonds. The summed E-state index contributed by atoms with van der Waals surface area (Å²) in [6.45, 7) is 1.26. The summed E-state index contributed by atoms with van der Waals surface area (Å²) in [5.41, 5.74) is -2.44. The average molecular weight is 532 g/mol. The zero-order valence-electron chi connectivity index (χ0n) is 18.7. The highest BCUT2D eigenvalue weighted by Crippen LogP contribution is 2.35. The van der Waals surface area contributed by atoms with Gasteiger partial charge < -0.3 is 4.74 Å². The number of nitriles is 1. The van der Waals surface area contributed by atoms with Crippen molar-refractivity contribution < 1.29 is 22.3 Å². The summed E-state index contributed by atoms with van der Waals surface area (Å²) >= 11 is 5.89. The fourth-order valence-corrected chi connectivity index (χ4v) is 3.69. The largest absolute Gasteiger partial charge is 0.449 e. The third-order valence-electron chi connectivity index (χ3n) is 5.16. The van der Waals surface area contributed by atoms with Crippen LogP contribution in [0.25, 0.3) is 11.1 Å². The molecule has 0 radical (unpaired) electrons. The predicted molar refractivity (Wildman–Crippen MR) is 124 cm³/mol. The second-order valence-corrected chi connectivity index (χ2v) is 8.24. The number of alkyl halides is 3. The molecule has 0 unspecified atom stereocenters. The lowest BCUT2D eigenvalue weighted by molar-refractivity contribution is -0.142. The molecule has 0 saturated heterocycles. The lowest BCUT2D eigenvalue weighted by atomic mass is 10.0. The minimum atomic E-state index is -5.04. The third kappa shape index (κ3) is 5.52. The van der Waals surface area contributed by atoms with Crippen LogP contribution >= 0.6 is 11.6 Å². The SMILES string of the molecule is Cc1ccc(F)cc1-c1cc(Cn2cnc(C(F)(F)F)c(Oc3cc(Cl)cc(C#N)c3)c2=O)n[nH]c1=O. The van der Waals surface area contributed by atoms with Gasteiger partial charge in [0.25, 0.3) is 11.1 Å². The Morgan fingerprint density at radius 3 is 2.59 bits per heavy atom. The van der Waals surface area contributed by atoms with Crippen molar-refractivity contribution in [2.24, 2.45) is 0 Å². The minimum Gasteiger partial charge on any atom is -0.449 e. The van der Waals surface area contributed by atoms with Gasteiger partial charge in [0.1, 0.15) is 11.6 Å². The first-order valence-corrected chi connectivity index (χ1v) is 10.7. The lowest BCUT2D eigenvalue weighted by Gasteiger charge is -2.15. The van der Waals surface area contributed by atoms with Crippen LogP contribution in [0.3, 0.4) is 0 Å². The number of ether oxygens (including phenoxy) is 1. The van der Waals surface area contributed by atoms with Crippen molar-refractivity contribution in [2.75, 3.05) is 0 Å². The molecule has 0 saturated carbocycles. The van der Waals surface area contributed by atoms with Crippen molar-refractivity contribution in [2.45, 2.75) is 19.6 Å². The molecule has 4 rings (SSSR count). The number of halogens is 5. The highest BCUT2D eigenvalue weighted by atomic mass is 35.5. The summed E-state index contributed by atoms with van der Waals surface area (Å²) in [7, 11) is 0. The van der Waals surface area contributed by atoms with E-state index < -0.39 is 41.1 Å². The number of aromatic nitrogens is 4. The van der Waals surface area contributed by atoms with Gasteiger partial charge in [-0.2, -0.15) is 23.5 Å². The van der Waals surface area contributed by atoms with Gasteiger partial charge in [-0.15, -0.1) is 0 Å². The zero-order valence-corrected chi connectivity index (χ0v) is 19.5. The second-order valence-electron chi connectivity index (χ2n) is 7.80. The molecule has 2 aromatic carbocycles. The number of aromatic amines is 1. The van der Waals surface area contributed by atoms with Crippen molar-refractivity contribution >= 4 is 11.6 Å². The van der Waals surface area contributed by atoms with Gasteiger partial charge in [0.15, 0.2) is 5.69 Å². The van der Waals surface area contributed by atoms with Gasteiger partial charge in [-0.1, -0.05) is 17.7 Å². The van der Waals surface area contributed by atoms with Crippen LogP contribution in [0.2, 0.25) is 5.02 Å². The number of H-pyrrole nitrogens is 1. The Labute approximate surface area is 210 Å². The number of rotatable bonds is 5. The summed E-state index contributed by atoms with van der Waals surface area (Å²) < 4.78 is 60.7. The Morgan fingerprint density at radius 1 is 1.14 bits per heavy atom. The van der Waals surface area contributed by atoms with Gasteiger partial charge in [0.2, 0.25) is 5.75 Å². The maximum atomic E-state index is 13.8. The first-order chi connectivity index (χ1) is 17.5. The molecule has 0 bridgehead atoms. The van der Waals surface area contributed by atoms with Crippen molar-refractivity contribution in [1.29, 1.82) is 5.26 Å². The van der Waals surface area contributed by atoms with Gasteiger partial charge in [-0.05, 0) is 54.4 Å². The van der Waals surface area contributed by atoms with Crippen molar-refractivity contribution in [3.05, 3.63) is 103 Å². The van der Waals surface area contributed by atoms with E-state index in [1.165, 1.54) is 24.3 Å². The molecule has 2 heterocycles. The van der Waals surface area contributed by atoms with Crippen LogP contribution in [0.1, 0.15) is 22.5 Å². The van der Waals surface area contributed by atoms with Crippen LogP contribution in [-0.2, 0) is 12.7 Å². The van der Waals surface area contributed by atoms with Crippen molar-refractivity contribution in [3.63, 3.8) is 0 Å². The maximum absolute atomic E-state index is 13.8. The van der Waals surface area contributed by atoms with E-state index in [1.807, 2.05) is 0 Å². The van der Waals surface area contributed by atoms with Crippen LogP contribution < -0.4 is 15.9 Å². The van der Waals surface area contributed by atoms with E-state index >= 15 is 0 Å². The Hall–Kier alpha value is -4.50. The third-order valence-corrected chi connectivity index (χ3v) is 5.38. The summed E-state index contributed by atoms with van der Waals surface area (Å²) in [5, 5.41) is 15.2. The molecule has 37 heavy (non-hydrogen) atoms. The van der Waals surface area contributed by atoms with Gasteiger partial charge in [-0.3, -0.25) is 14.2 Å². The Balaban J connectivity index is 1.78. The Bertz CT molecular complexity index is 1680. The first-order valence-electron chi connectivity index (χ1n) is 10.4. The van der Waals surface area contributed by atoms with E-state index in [9.17, 15) is 27.2 Å². The predicted octanol–water partition coefficient (Wildman–Crippen LogP) is 4.83. The van der Waals surface area contributed by atoms with Gasteiger partial charge in [0, 0.05) is 5.02 Å². The van der Waals surface area contributed by atoms with Crippen LogP contribution in [0.15, 0.2) is 58.4 Å². The van der Waals surface area contributed by atoms with E-state index in [4.69, 9.17) is 21.6 Å². The number of nitrogens with zero attached hydrogens (tertiary/aromatic N) is 4. The first kappa shape index (κ1) is 25.6. The monoisotopic (exact) mass is 531 g/mol. The summed E-state index contributed by atoms with van der Waals surface area (Å²) in [6, 6.07) is 10.4. The van der Waals surface area contributed by atoms with Crippen molar-refractivity contribution in [3.8, 4) is 28.7 Å². The topological polar surface area (TPSA) is 114 Å². The zero-order chi connectivity index (χ0) is 26.9.